The Kier molecular flexibility index (Phi) is 15.5. The number of nitrogens with two attached hydrogens (primary N) is 3. The third-order valence-electron chi connectivity index (χ3n) is 9.09. The number of hydrogen-bond donors (Lipinski definition) is 3. The largest absolute Gasteiger partial charge is 0.372 e. The monoisotopic (exact) mass is 546 g/mol. The Balaban J connectivity index is 5.68. The van der Waals surface area contributed by atoms with Gasteiger partial charge in [0.15, 0.2) is 0 Å². The van der Waals surface area contributed by atoms with Crippen LogP contribution in [0.5, 0.6) is 0 Å². The van der Waals surface area contributed by atoms with Crippen molar-refractivity contribution in [2.75, 3.05) is 13.2 Å². The van der Waals surface area contributed by atoms with Crippen LogP contribution in [0.15, 0.2) is 0 Å². The first-order valence-corrected chi connectivity index (χ1v) is 15.2. The summed E-state index contributed by atoms with van der Waals surface area (Å²) in [7, 11) is 0. The van der Waals surface area contributed by atoms with Gasteiger partial charge in [0.2, 0.25) is 0 Å². The summed E-state index contributed by atoms with van der Waals surface area (Å²) in [6, 6.07) is -0.110. The minimum Gasteiger partial charge on any atom is -0.372 e. The van der Waals surface area contributed by atoms with E-state index >= 15 is 0 Å². The summed E-state index contributed by atoms with van der Waals surface area (Å²) in [5.74, 6) is 0. The Bertz CT molecular complexity index is 657. The molecule has 0 aliphatic heterocycles. The van der Waals surface area contributed by atoms with Gasteiger partial charge in [-0.2, -0.15) is 0 Å². The average Bonchev–Trinajstić information content (AvgIpc) is 2.82. The molecule has 0 rings (SSSR count). The molecular weight excluding hydrogens is 478 g/mol. The van der Waals surface area contributed by atoms with Gasteiger partial charge < -0.3 is 36.1 Å². The van der Waals surface area contributed by atoms with Crippen molar-refractivity contribution in [1.29, 1.82) is 0 Å². The lowest BCUT2D eigenvalue weighted by molar-refractivity contribution is -0.212. The molecule has 0 aliphatic carbocycles. The molecule has 0 spiro atoms. The van der Waals surface area contributed by atoms with Gasteiger partial charge in [-0.25, -0.2) is 0 Å². The van der Waals surface area contributed by atoms with Crippen molar-refractivity contribution in [1.82, 2.24) is 0 Å². The molecular formula is C31H67N3O4. The van der Waals surface area contributed by atoms with E-state index in [9.17, 15) is 0 Å². The maximum absolute atomic E-state index is 6.80. The number of rotatable bonds is 21. The molecule has 8 unspecified atom stereocenters. The fraction of sp³-hybridized carbons (Fsp3) is 1.00. The van der Waals surface area contributed by atoms with E-state index in [1.54, 1.807) is 0 Å². The molecule has 8 atom stereocenters. The van der Waals surface area contributed by atoms with Crippen LogP contribution in [0.4, 0.5) is 0 Å². The van der Waals surface area contributed by atoms with E-state index in [0.29, 0.717) is 19.6 Å². The molecule has 0 bridgehead atoms. The quantitative estimate of drug-likeness (QED) is 0.145. The number of unbranched alkanes of at least 4 members (excludes halogenated alkanes) is 1. The van der Waals surface area contributed by atoms with Gasteiger partial charge in [-0.05, 0) is 88.0 Å². The van der Waals surface area contributed by atoms with E-state index in [1.165, 1.54) is 0 Å². The van der Waals surface area contributed by atoms with Crippen LogP contribution in [0.25, 0.3) is 0 Å². The zero-order valence-corrected chi connectivity index (χ0v) is 27.5. The number of hydrogen-bond acceptors (Lipinski definition) is 7. The van der Waals surface area contributed by atoms with Crippen LogP contribution in [0, 0.1) is 5.41 Å². The Hall–Kier alpha value is -0.280. The molecule has 0 aromatic rings. The van der Waals surface area contributed by atoms with Gasteiger partial charge in [0, 0.05) is 23.9 Å². The van der Waals surface area contributed by atoms with Gasteiger partial charge in [-0.1, -0.05) is 40.5 Å². The molecule has 0 aromatic carbocycles. The molecule has 0 saturated heterocycles. The molecule has 7 heteroatoms. The van der Waals surface area contributed by atoms with E-state index in [-0.39, 0.29) is 29.7 Å². The Morgan fingerprint density at radius 3 is 1.63 bits per heavy atom. The molecule has 0 radical (unpaired) electrons. The topological polar surface area (TPSA) is 115 Å². The Morgan fingerprint density at radius 2 is 1.21 bits per heavy atom. The highest BCUT2D eigenvalue weighted by atomic mass is 16.6. The van der Waals surface area contributed by atoms with Crippen LogP contribution in [-0.4, -0.2) is 60.0 Å². The maximum atomic E-state index is 6.80. The molecule has 0 fully saturated rings. The molecule has 38 heavy (non-hydrogen) atoms. The first-order chi connectivity index (χ1) is 17.3. The molecule has 7 nitrogen and oxygen atoms in total. The van der Waals surface area contributed by atoms with Crippen molar-refractivity contribution in [2.24, 2.45) is 22.6 Å². The molecule has 0 amide bonds. The van der Waals surface area contributed by atoms with E-state index in [0.717, 1.165) is 38.5 Å². The Morgan fingerprint density at radius 1 is 0.684 bits per heavy atom. The predicted octanol–water partition coefficient (Wildman–Crippen LogP) is 6.29. The zero-order valence-electron chi connectivity index (χ0n) is 27.5. The second kappa shape index (κ2) is 15.6. The first-order valence-electron chi connectivity index (χ1n) is 15.2. The van der Waals surface area contributed by atoms with E-state index in [1.807, 2.05) is 27.7 Å². The van der Waals surface area contributed by atoms with Gasteiger partial charge >= 0.3 is 0 Å². The van der Waals surface area contributed by atoms with Crippen molar-refractivity contribution in [3.8, 4) is 0 Å². The van der Waals surface area contributed by atoms with Crippen molar-refractivity contribution >= 4 is 0 Å². The van der Waals surface area contributed by atoms with Gasteiger partial charge in [-0.3, -0.25) is 0 Å². The highest BCUT2D eigenvalue weighted by Crippen LogP contribution is 2.37. The standard InChI is InChI=1S/C31H67N3O4/c1-14-18-19-31(17-4,21-35-27(9,10)25(7)38-30(13,34)20-23(5)32)22-36-29(12,16-3)26(8)37-28(11,15-2)24(6)33/h23-26H,14-22,32-34H2,1-13H3. The lowest BCUT2D eigenvalue weighted by atomic mass is 9.81. The third-order valence-corrected chi connectivity index (χ3v) is 9.09. The molecule has 0 saturated carbocycles. The zero-order chi connectivity index (χ0) is 30.0. The fourth-order valence-electron chi connectivity index (χ4n) is 4.67. The third kappa shape index (κ3) is 11.7. The van der Waals surface area contributed by atoms with Crippen molar-refractivity contribution in [3.63, 3.8) is 0 Å². The first kappa shape index (κ1) is 37.7. The van der Waals surface area contributed by atoms with Crippen LogP contribution in [-0.2, 0) is 18.9 Å². The Labute approximate surface area is 236 Å². The fourth-order valence-corrected chi connectivity index (χ4v) is 4.67. The van der Waals surface area contributed by atoms with Crippen molar-refractivity contribution in [2.45, 2.75) is 182 Å². The van der Waals surface area contributed by atoms with Gasteiger partial charge in [0.1, 0.15) is 5.72 Å². The van der Waals surface area contributed by atoms with Crippen LogP contribution < -0.4 is 17.2 Å². The maximum Gasteiger partial charge on any atom is 0.115 e. The number of ether oxygens (including phenoxy) is 4. The van der Waals surface area contributed by atoms with Crippen LogP contribution in [0.2, 0.25) is 0 Å². The van der Waals surface area contributed by atoms with E-state index in [2.05, 4.69) is 62.3 Å². The van der Waals surface area contributed by atoms with Gasteiger partial charge in [0.05, 0.1) is 42.2 Å². The normalized spacial score (nSPS) is 22.4. The van der Waals surface area contributed by atoms with Crippen LogP contribution in [0.1, 0.15) is 135 Å². The van der Waals surface area contributed by atoms with Crippen molar-refractivity contribution < 1.29 is 18.9 Å². The average molecular weight is 546 g/mol. The highest BCUT2D eigenvalue weighted by Gasteiger charge is 2.42. The molecule has 6 N–H and O–H groups in total. The summed E-state index contributed by atoms with van der Waals surface area (Å²) in [5.41, 5.74) is 16.4. The summed E-state index contributed by atoms with van der Waals surface area (Å²) in [5, 5.41) is 0. The SMILES string of the molecule is CCCCC(CC)(COC(C)(C)C(C)OC(C)(N)CC(C)N)COC(C)(CC)C(C)OC(C)(CC)C(C)N. The second-order valence-corrected chi connectivity index (χ2v) is 13.3. The highest BCUT2D eigenvalue weighted by molar-refractivity contribution is 4.91. The lowest BCUT2D eigenvalue weighted by Gasteiger charge is -2.45. The molecule has 0 heterocycles. The predicted molar refractivity (Wildman–Crippen MR) is 161 cm³/mol. The lowest BCUT2D eigenvalue weighted by Crippen LogP contribution is -2.54. The van der Waals surface area contributed by atoms with Crippen molar-refractivity contribution in [3.05, 3.63) is 0 Å². The minimum absolute atomic E-state index is 0.0392. The summed E-state index contributed by atoms with van der Waals surface area (Å²) in [4.78, 5) is 0. The van der Waals surface area contributed by atoms with Crippen LogP contribution >= 0.6 is 0 Å². The smallest absolute Gasteiger partial charge is 0.115 e. The molecule has 0 aromatic heterocycles. The minimum atomic E-state index is -0.811. The van der Waals surface area contributed by atoms with E-state index < -0.39 is 22.5 Å². The van der Waals surface area contributed by atoms with E-state index in [4.69, 9.17) is 36.1 Å². The molecule has 0 aliphatic rings. The van der Waals surface area contributed by atoms with Gasteiger partial charge in [0.25, 0.3) is 0 Å². The summed E-state index contributed by atoms with van der Waals surface area (Å²) >= 11 is 0. The molecule has 230 valence electrons. The van der Waals surface area contributed by atoms with Crippen LogP contribution in [0.3, 0.4) is 0 Å². The summed E-state index contributed by atoms with van der Waals surface area (Å²) < 4.78 is 26.3. The summed E-state index contributed by atoms with van der Waals surface area (Å²) in [6.07, 6.45) is 6.18. The summed E-state index contributed by atoms with van der Waals surface area (Å²) in [6.45, 7) is 28.3. The van der Waals surface area contributed by atoms with Gasteiger partial charge in [-0.15, -0.1) is 0 Å². The second-order valence-electron chi connectivity index (χ2n) is 13.3.